The summed E-state index contributed by atoms with van der Waals surface area (Å²) in [7, 11) is 0. The predicted molar refractivity (Wildman–Crippen MR) is 140 cm³/mol. The average Bonchev–Trinajstić information content (AvgIpc) is 3.52. The number of hydrogen-bond donors (Lipinski definition) is 1. The van der Waals surface area contributed by atoms with E-state index in [1.807, 2.05) is 24.3 Å². The van der Waals surface area contributed by atoms with Crippen molar-refractivity contribution in [1.29, 1.82) is 0 Å². The van der Waals surface area contributed by atoms with Crippen molar-refractivity contribution >= 4 is 29.2 Å². The van der Waals surface area contributed by atoms with Crippen LogP contribution in [0.1, 0.15) is 49.3 Å². The molecule has 5 rings (SSSR count). The number of aromatic nitrogens is 2. The first kappa shape index (κ1) is 24.0. The number of carbonyl (C=O) groups is 3. The molecule has 0 atom stereocenters. The van der Waals surface area contributed by atoms with Gasteiger partial charge in [0, 0.05) is 29.0 Å². The Morgan fingerprint density at radius 3 is 2.38 bits per heavy atom. The van der Waals surface area contributed by atoms with Gasteiger partial charge in [-0.15, -0.1) is 0 Å². The molecule has 0 radical (unpaired) electrons. The molecule has 2 heterocycles. The molecule has 0 spiro atoms. The molecule has 1 aromatic heterocycles. The Morgan fingerprint density at radius 1 is 0.946 bits per heavy atom. The summed E-state index contributed by atoms with van der Waals surface area (Å²) in [6.45, 7) is 4.49. The van der Waals surface area contributed by atoms with Crippen LogP contribution in [-0.4, -0.2) is 40.7 Å². The number of anilines is 2. The third kappa shape index (κ3) is 4.73. The van der Waals surface area contributed by atoms with Crippen LogP contribution in [-0.2, 0) is 11.2 Å². The molecular weight excluding hydrogens is 468 g/mol. The minimum atomic E-state index is -0.416. The number of fused-ring (bicyclic) bond motifs is 1. The molecule has 4 aromatic rings. The maximum Gasteiger partial charge on any atom is 0.341 e. The van der Waals surface area contributed by atoms with E-state index in [1.165, 1.54) is 11.8 Å². The number of nitrogens with zero attached hydrogens (tertiary/aromatic N) is 3. The summed E-state index contributed by atoms with van der Waals surface area (Å²) in [5, 5.41) is 7.15. The van der Waals surface area contributed by atoms with E-state index in [0.29, 0.717) is 41.2 Å². The van der Waals surface area contributed by atoms with Crippen LogP contribution in [0.4, 0.5) is 11.4 Å². The standard InChI is InChI=1S/C29H26N4O4/c1-3-37-29(36)25-18-30-33(19(25)2)24-14-10-21(11-15-24)27(34)31-23-12-8-22(9-13-23)28(35)32-17-16-20-6-4-5-7-26(20)32/h4-15,18H,3,16-17H2,1-2H3,(H,31,34). The second kappa shape index (κ2) is 10.1. The fourth-order valence-electron chi connectivity index (χ4n) is 4.44. The van der Waals surface area contributed by atoms with E-state index in [2.05, 4.69) is 10.4 Å². The minimum Gasteiger partial charge on any atom is -0.462 e. The molecule has 1 N–H and O–H groups in total. The van der Waals surface area contributed by atoms with E-state index in [-0.39, 0.29) is 11.8 Å². The van der Waals surface area contributed by atoms with Gasteiger partial charge in [-0.3, -0.25) is 9.59 Å². The number of hydrogen-bond acceptors (Lipinski definition) is 5. The Morgan fingerprint density at radius 2 is 1.65 bits per heavy atom. The third-order valence-electron chi connectivity index (χ3n) is 6.40. The number of rotatable bonds is 6. The normalized spacial score (nSPS) is 12.2. The second-order valence-electron chi connectivity index (χ2n) is 8.69. The topological polar surface area (TPSA) is 93.5 Å². The van der Waals surface area contributed by atoms with Gasteiger partial charge in [0.05, 0.1) is 24.2 Å². The highest BCUT2D eigenvalue weighted by molar-refractivity contribution is 6.08. The van der Waals surface area contributed by atoms with Crippen LogP contribution in [0.15, 0.2) is 79.0 Å². The molecule has 37 heavy (non-hydrogen) atoms. The third-order valence-corrected chi connectivity index (χ3v) is 6.40. The molecule has 0 fully saturated rings. The number of benzene rings is 3. The number of para-hydroxylation sites is 1. The largest absolute Gasteiger partial charge is 0.462 e. The van der Waals surface area contributed by atoms with Gasteiger partial charge in [-0.25, -0.2) is 9.48 Å². The monoisotopic (exact) mass is 494 g/mol. The number of carbonyl (C=O) groups excluding carboxylic acids is 3. The zero-order valence-electron chi connectivity index (χ0n) is 20.6. The molecule has 8 heteroatoms. The molecule has 0 saturated carbocycles. The van der Waals surface area contributed by atoms with Gasteiger partial charge in [0.15, 0.2) is 0 Å². The quantitative estimate of drug-likeness (QED) is 0.388. The van der Waals surface area contributed by atoms with E-state index in [1.54, 1.807) is 72.0 Å². The lowest BCUT2D eigenvalue weighted by Gasteiger charge is -2.17. The number of nitrogens with one attached hydrogen (secondary N) is 1. The fraction of sp³-hybridized carbons (Fsp3) is 0.172. The molecular formula is C29H26N4O4. The second-order valence-corrected chi connectivity index (χ2v) is 8.69. The van der Waals surface area contributed by atoms with Gasteiger partial charge in [-0.2, -0.15) is 5.10 Å². The van der Waals surface area contributed by atoms with Crippen molar-refractivity contribution in [2.24, 2.45) is 0 Å². The molecule has 8 nitrogen and oxygen atoms in total. The highest BCUT2D eigenvalue weighted by Crippen LogP contribution is 2.29. The van der Waals surface area contributed by atoms with Crippen LogP contribution in [0.2, 0.25) is 0 Å². The van der Waals surface area contributed by atoms with Crippen LogP contribution in [0.3, 0.4) is 0 Å². The van der Waals surface area contributed by atoms with Crippen molar-refractivity contribution in [3.05, 3.63) is 107 Å². The van der Waals surface area contributed by atoms with E-state index < -0.39 is 5.97 Å². The molecule has 1 aliphatic rings. The summed E-state index contributed by atoms with van der Waals surface area (Å²) in [5.41, 5.74) is 5.53. The SMILES string of the molecule is CCOC(=O)c1cnn(-c2ccc(C(=O)Nc3ccc(C(=O)N4CCc5ccccc54)cc3)cc2)c1C. The maximum atomic E-state index is 13.0. The summed E-state index contributed by atoms with van der Waals surface area (Å²) in [5.74, 6) is -0.748. The van der Waals surface area contributed by atoms with Gasteiger partial charge in [-0.05, 0) is 80.4 Å². The summed E-state index contributed by atoms with van der Waals surface area (Å²) in [6.07, 6.45) is 2.33. The van der Waals surface area contributed by atoms with E-state index in [0.717, 1.165) is 17.8 Å². The van der Waals surface area contributed by atoms with Crippen LogP contribution in [0.5, 0.6) is 0 Å². The number of ether oxygens (including phenoxy) is 1. The van der Waals surface area contributed by atoms with Gasteiger partial charge in [0.1, 0.15) is 5.56 Å². The van der Waals surface area contributed by atoms with E-state index in [9.17, 15) is 14.4 Å². The zero-order chi connectivity index (χ0) is 25.9. The van der Waals surface area contributed by atoms with Crippen LogP contribution in [0, 0.1) is 6.92 Å². The summed E-state index contributed by atoms with van der Waals surface area (Å²) >= 11 is 0. The predicted octanol–water partition coefficient (Wildman–Crippen LogP) is 4.81. The first-order chi connectivity index (χ1) is 18.0. The Bertz CT molecular complexity index is 1470. The van der Waals surface area contributed by atoms with Crippen molar-refractivity contribution in [1.82, 2.24) is 9.78 Å². The smallest absolute Gasteiger partial charge is 0.341 e. The van der Waals surface area contributed by atoms with Gasteiger partial charge >= 0.3 is 5.97 Å². The van der Waals surface area contributed by atoms with Crippen molar-refractivity contribution in [2.45, 2.75) is 20.3 Å². The molecule has 0 unspecified atom stereocenters. The van der Waals surface area contributed by atoms with Crippen molar-refractivity contribution in [3.63, 3.8) is 0 Å². The Hall–Kier alpha value is -4.72. The molecule has 186 valence electrons. The highest BCUT2D eigenvalue weighted by atomic mass is 16.5. The highest BCUT2D eigenvalue weighted by Gasteiger charge is 2.25. The minimum absolute atomic E-state index is 0.0570. The lowest BCUT2D eigenvalue weighted by atomic mass is 10.1. The van der Waals surface area contributed by atoms with E-state index >= 15 is 0 Å². The molecule has 0 aliphatic carbocycles. The van der Waals surface area contributed by atoms with E-state index in [4.69, 9.17) is 4.74 Å². The molecule has 0 bridgehead atoms. The summed E-state index contributed by atoms with van der Waals surface area (Å²) < 4.78 is 6.69. The van der Waals surface area contributed by atoms with Gasteiger partial charge in [0.25, 0.3) is 11.8 Å². The fourth-order valence-corrected chi connectivity index (χ4v) is 4.44. The first-order valence-corrected chi connectivity index (χ1v) is 12.1. The lowest BCUT2D eigenvalue weighted by molar-refractivity contribution is 0.0525. The molecule has 1 aliphatic heterocycles. The van der Waals surface area contributed by atoms with Crippen LogP contribution in [0.25, 0.3) is 5.69 Å². The number of esters is 1. The zero-order valence-corrected chi connectivity index (χ0v) is 20.6. The van der Waals surface area contributed by atoms with Crippen molar-refractivity contribution in [2.75, 3.05) is 23.4 Å². The maximum absolute atomic E-state index is 13.0. The van der Waals surface area contributed by atoms with Gasteiger partial charge < -0.3 is 15.0 Å². The Kier molecular flexibility index (Phi) is 6.55. The summed E-state index contributed by atoms with van der Waals surface area (Å²) in [4.78, 5) is 39.6. The first-order valence-electron chi connectivity index (χ1n) is 12.1. The average molecular weight is 495 g/mol. The van der Waals surface area contributed by atoms with Crippen molar-refractivity contribution in [3.8, 4) is 5.69 Å². The molecule has 2 amide bonds. The Labute approximate surface area is 214 Å². The van der Waals surface area contributed by atoms with Crippen LogP contribution < -0.4 is 10.2 Å². The summed E-state index contributed by atoms with van der Waals surface area (Å²) in [6, 6.07) is 21.8. The molecule has 3 aromatic carbocycles. The van der Waals surface area contributed by atoms with Gasteiger partial charge in [0.2, 0.25) is 0 Å². The van der Waals surface area contributed by atoms with Crippen LogP contribution >= 0.6 is 0 Å². The number of amides is 2. The van der Waals surface area contributed by atoms with Gasteiger partial charge in [-0.1, -0.05) is 18.2 Å². The lowest BCUT2D eigenvalue weighted by Crippen LogP contribution is -2.28. The Balaban J connectivity index is 1.24. The molecule has 0 saturated heterocycles. The van der Waals surface area contributed by atoms with Crippen molar-refractivity contribution < 1.29 is 19.1 Å².